The van der Waals surface area contributed by atoms with Crippen molar-refractivity contribution >= 4 is 29.5 Å². The lowest BCUT2D eigenvalue weighted by Crippen LogP contribution is -2.08. The van der Waals surface area contributed by atoms with E-state index in [0.29, 0.717) is 21.0 Å². The Morgan fingerprint density at radius 2 is 2.14 bits per heavy atom. The van der Waals surface area contributed by atoms with Crippen molar-refractivity contribution in [1.82, 2.24) is 4.57 Å². The van der Waals surface area contributed by atoms with Crippen LogP contribution in [0.3, 0.4) is 0 Å². The van der Waals surface area contributed by atoms with Crippen LogP contribution in [0.5, 0.6) is 17.4 Å². The fourth-order valence-corrected chi connectivity index (χ4v) is 3.24. The lowest BCUT2D eigenvalue weighted by molar-refractivity contribution is -0.137. The first-order chi connectivity index (χ1) is 9.92. The summed E-state index contributed by atoms with van der Waals surface area (Å²) in [5.74, 6) is -0.662. The van der Waals surface area contributed by atoms with Crippen LogP contribution in [-0.4, -0.2) is 33.0 Å². The Hall–Kier alpha value is -2.06. The van der Waals surface area contributed by atoms with Crippen molar-refractivity contribution in [2.24, 2.45) is 0 Å². The van der Waals surface area contributed by atoms with Gasteiger partial charge in [-0.2, -0.15) is 0 Å². The molecule has 0 unspecified atom stereocenters. The van der Waals surface area contributed by atoms with Crippen LogP contribution in [0.4, 0.5) is 0 Å². The Labute approximate surface area is 129 Å². The van der Waals surface area contributed by atoms with E-state index in [1.165, 1.54) is 23.8 Å². The summed E-state index contributed by atoms with van der Waals surface area (Å²) < 4.78 is 6.64. The third kappa shape index (κ3) is 3.34. The number of aromatic hydroxyl groups is 2. The van der Waals surface area contributed by atoms with Crippen LogP contribution in [0.15, 0.2) is 18.2 Å². The fourth-order valence-electron chi connectivity index (χ4n) is 1.89. The van der Waals surface area contributed by atoms with Crippen LogP contribution < -0.4 is 4.74 Å². The molecule has 1 aromatic heterocycles. The second-order valence-electron chi connectivity index (χ2n) is 4.27. The van der Waals surface area contributed by atoms with E-state index in [2.05, 4.69) is 0 Å². The van der Waals surface area contributed by atoms with E-state index in [9.17, 15) is 15.0 Å². The Bertz CT molecular complexity index is 735. The molecular formula is C13H13NO5S2. The van der Waals surface area contributed by atoms with Gasteiger partial charge in [0.15, 0.2) is 3.95 Å². The SMILES string of the molecule is COc1cc(O)ccc1Cc1sc(=S)n(CC(=O)O)c1O. The molecule has 0 bridgehead atoms. The highest BCUT2D eigenvalue weighted by atomic mass is 32.1. The highest BCUT2D eigenvalue weighted by Crippen LogP contribution is 2.32. The molecule has 0 fully saturated rings. The van der Waals surface area contributed by atoms with E-state index in [4.69, 9.17) is 22.1 Å². The van der Waals surface area contributed by atoms with Gasteiger partial charge in [-0.15, -0.1) is 11.3 Å². The van der Waals surface area contributed by atoms with Crippen LogP contribution in [-0.2, 0) is 17.8 Å². The molecule has 0 atom stereocenters. The average molecular weight is 327 g/mol. The Kier molecular flexibility index (Phi) is 4.49. The minimum atomic E-state index is -1.08. The highest BCUT2D eigenvalue weighted by Gasteiger charge is 2.16. The lowest BCUT2D eigenvalue weighted by atomic mass is 10.1. The summed E-state index contributed by atoms with van der Waals surface area (Å²) in [6.45, 7) is -0.381. The summed E-state index contributed by atoms with van der Waals surface area (Å²) in [6, 6.07) is 4.67. The maximum Gasteiger partial charge on any atom is 0.323 e. The minimum Gasteiger partial charge on any atom is -0.508 e. The summed E-state index contributed by atoms with van der Waals surface area (Å²) in [5.41, 5.74) is 0.754. The van der Waals surface area contributed by atoms with Gasteiger partial charge in [-0.05, 0) is 23.8 Å². The number of carboxylic acid groups (broad SMARTS) is 1. The number of aliphatic carboxylic acids is 1. The molecule has 0 aliphatic carbocycles. The van der Waals surface area contributed by atoms with Gasteiger partial charge in [0.2, 0.25) is 5.88 Å². The number of nitrogens with zero attached hydrogens (tertiary/aromatic N) is 1. The summed E-state index contributed by atoms with van der Waals surface area (Å²) >= 11 is 6.21. The van der Waals surface area contributed by atoms with E-state index in [0.717, 1.165) is 16.9 Å². The van der Waals surface area contributed by atoms with Crippen LogP contribution in [0.25, 0.3) is 0 Å². The first-order valence-corrected chi connectivity index (χ1v) is 7.14. The molecule has 6 nitrogen and oxygen atoms in total. The molecule has 0 saturated heterocycles. The third-order valence-corrected chi connectivity index (χ3v) is 4.29. The zero-order valence-electron chi connectivity index (χ0n) is 11.1. The Morgan fingerprint density at radius 3 is 2.76 bits per heavy atom. The molecule has 0 aliphatic heterocycles. The van der Waals surface area contributed by atoms with Crippen molar-refractivity contribution in [3.8, 4) is 17.4 Å². The van der Waals surface area contributed by atoms with E-state index in [-0.39, 0.29) is 18.2 Å². The number of aromatic nitrogens is 1. The van der Waals surface area contributed by atoms with E-state index < -0.39 is 5.97 Å². The number of carboxylic acids is 1. The van der Waals surface area contributed by atoms with E-state index in [1.807, 2.05) is 0 Å². The van der Waals surface area contributed by atoms with Gasteiger partial charge in [-0.25, -0.2) is 0 Å². The summed E-state index contributed by atoms with van der Waals surface area (Å²) in [5, 5.41) is 28.3. The lowest BCUT2D eigenvalue weighted by Gasteiger charge is -2.08. The predicted molar refractivity (Wildman–Crippen MR) is 79.9 cm³/mol. The van der Waals surface area contributed by atoms with E-state index in [1.54, 1.807) is 6.07 Å². The monoisotopic (exact) mass is 327 g/mol. The Balaban J connectivity index is 2.37. The maximum absolute atomic E-state index is 10.8. The number of benzene rings is 1. The van der Waals surface area contributed by atoms with Gasteiger partial charge in [0, 0.05) is 12.5 Å². The van der Waals surface area contributed by atoms with Gasteiger partial charge >= 0.3 is 5.97 Å². The molecule has 1 aromatic carbocycles. The molecule has 0 aliphatic rings. The number of carbonyl (C=O) groups is 1. The zero-order chi connectivity index (χ0) is 15.6. The molecule has 0 spiro atoms. The average Bonchev–Trinajstić information content (AvgIpc) is 2.68. The van der Waals surface area contributed by atoms with Gasteiger partial charge in [0.05, 0.1) is 12.0 Å². The van der Waals surface area contributed by atoms with Crippen molar-refractivity contribution in [1.29, 1.82) is 0 Å². The van der Waals surface area contributed by atoms with Gasteiger partial charge in [0.25, 0.3) is 0 Å². The molecule has 8 heteroatoms. The molecule has 21 heavy (non-hydrogen) atoms. The number of rotatable bonds is 5. The molecular weight excluding hydrogens is 314 g/mol. The minimum absolute atomic E-state index is 0.0795. The van der Waals surface area contributed by atoms with Crippen molar-refractivity contribution in [2.75, 3.05) is 7.11 Å². The van der Waals surface area contributed by atoms with Gasteiger partial charge in [-0.1, -0.05) is 6.07 Å². The predicted octanol–water partition coefficient (Wildman–Crippen LogP) is 2.37. The number of ether oxygens (including phenoxy) is 1. The van der Waals surface area contributed by atoms with Crippen LogP contribution in [0, 0.1) is 3.95 Å². The van der Waals surface area contributed by atoms with Crippen molar-refractivity contribution in [3.05, 3.63) is 32.6 Å². The molecule has 2 rings (SSSR count). The summed E-state index contributed by atoms with van der Waals surface area (Å²) in [6.07, 6.45) is 0.330. The van der Waals surface area contributed by atoms with Crippen molar-refractivity contribution < 1.29 is 24.9 Å². The maximum atomic E-state index is 10.8. The van der Waals surface area contributed by atoms with Crippen LogP contribution in [0.2, 0.25) is 0 Å². The quantitative estimate of drug-likeness (QED) is 0.730. The third-order valence-electron chi connectivity index (χ3n) is 2.85. The highest BCUT2D eigenvalue weighted by molar-refractivity contribution is 7.73. The first kappa shape index (κ1) is 15.3. The summed E-state index contributed by atoms with van der Waals surface area (Å²) in [7, 11) is 1.48. The zero-order valence-corrected chi connectivity index (χ0v) is 12.7. The molecule has 112 valence electrons. The number of thiazole rings is 1. The van der Waals surface area contributed by atoms with Crippen molar-refractivity contribution in [2.45, 2.75) is 13.0 Å². The number of phenols is 1. The van der Waals surface area contributed by atoms with Gasteiger partial charge in [-0.3, -0.25) is 9.36 Å². The molecule has 3 N–H and O–H groups in total. The van der Waals surface area contributed by atoms with Crippen molar-refractivity contribution in [3.63, 3.8) is 0 Å². The molecule has 0 saturated carbocycles. The first-order valence-electron chi connectivity index (χ1n) is 5.91. The van der Waals surface area contributed by atoms with Crippen LogP contribution in [0.1, 0.15) is 10.4 Å². The second kappa shape index (κ2) is 6.15. The number of methoxy groups -OCH3 is 1. The molecule has 0 amide bonds. The van der Waals surface area contributed by atoms with Gasteiger partial charge in [0.1, 0.15) is 18.0 Å². The molecule has 1 heterocycles. The van der Waals surface area contributed by atoms with Crippen LogP contribution >= 0.6 is 23.6 Å². The number of hydrogen-bond acceptors (Lipinski definition) is 6. The summed E-state index contributed by atoms with van der Waals surface area (Å²) in [4.78, 5) is 11.3. The number of phenolic OH excluding ortho intramolecular Hbond substituents is 1. The Morgan fingerprint density at radius 1 is 1.43 bits per heavy atom. The van der Waals surface area contributed by atoms with E-state index >= 15 is 0 Å². The fraction of sp³-hybridized carbons (Fsp3) is 0.231. The smallest absolute Gasteiger partial charge is 0.323 e. The molecule has 2 aromatic rings. The number of hydrogen-bond donors (Lipinski definition) is 3. The molecule has 0 radical (unpaired) electrons. The largest absolute Gasteiger partial charge is 0.508 e. The second-order valence-corrected chi connectivity index (χ2v) is 6.00. The van der Waals surface area contributed by atoms with Gasteiger partial charge < -0.3 is 20.1 Å². The standard InChI is InChI=1S/C13H13NO5S2/c1-19-9-5-8(15)3-2-7(9)4-10-12(18)14(6-11(16)17)13(20)21-10/h2-3,5,15,18H,4,6H2,1H3,(H,16,17). The normalized spacial score (nSPS) is 10.5. The topological polar surface area (TPSA) is 91.9 Å².